The van der Waals surface area contributed by atoms with Gasteiger partial charge >= 0.3 is 7.05 Å². The molecule has 13 heavy (non-hydrogen) atoms. The Bertz CT molecular complexity index is 135. The lowest BCUT2D eigenvalue weighted by Gasteiger charge is -2.26. The van der Waals surface area contributed by atoms with E-state index in [-0.39, 0.29) is 5.82 Å². The molecule has 0 saturated heterocycles. The zero-order valence-electron chi connectivity index (χ0n) is 9.24. The summed E-state index contributed by atoms with van der Waals surface area (Å²) in [5.41, 5.74) is 3.20. The van der Waals surface area contributed by atoms with Crippen LogP contribution in [0.15, 0.2) is 0 Å². The van der Waals surface area contributed by atoms with Crippen molar-refractivity contribution >= 4 is 19.0 Å². The second kappa shape index (κ2) is 6.70. The first kappa shape index (κ1) is 13.3. The molecule has 0 heterocycles. The number of nitrogens with one attached hydrogen (secondary N) is 1. The van der Waals surface area contributed by atoms with Crippen molar-refractivity contribution in [1.29, 1.82) is 0 Å². The highest BCUT2D eigenvalue weighted by atomic mass is 32.2. The minimum absolute atomic E-state index is 0.243. The summed E-state index contributed by atoms with van der Waals surface area (Å²) >= 11 is 1.52. The number of nitrogens with zero attached hydrogens (tertiary/aromatic N) is 1. The maximum Gasteiger partial charge on any atom is 0.407 e. The summed E-state index contributed by atoms with van der Waals surface area (Å²) in [4.78, 5) is 0. The third-order valence-corrected chi connectivity index (χ3v) is 2.43. The van der Waals surface area contributed by atoms with Gasteiger partial charge < -0.3 is 5.02 Å². The van der Waals surface area contributed by atoms with Gasteiger partial charge in [-0.05, 0) is 18.0 Å². The minimum Gasteiger partial charge on any atom is -0.436 e. The molecule has 0 spiro atoms. The Kier molecular flexibility index (Phi) is 6.86. The van der Waals surface area contributed by atoms with Crippen LogP contribution >= 0.6 is 11.9 Å². The summed E-state index contributed by atoms with van der Waals surface area (Å²) < 4.78 is 1.81. The molecule has 0 radical (unpaired) electrons. The molecule has 0 atom stereocenters. The lowest BCUT2D eigenvalue weighted by atomic mass is 9.71. The molecule has 0 bridgehead atoms. The highest BCUT2D eigenvalue weighted by molar-refractivity contribution is 7.97. The van der Waals surface area contributed by atoms with E-state index in [1.165, 1.54) is 11.9 Å². The van der Waals surface area contributed by atoms with Crippen molar-refractivity contribution in [2.75, 3.05) is 12.8 Å². The first-order valence-electron chi connectivity index (χ1n) is 4.74. The first-order chi connectivity index (χ1) is 5.99. The van der Waals surface area contributed by atoms with Crippen molar-refractivity contribution < 1.29 is 5.02 Å². The van der Waals surface area contributed by atoms with Crippen molar-refractivity contribution in [1.82, 2.24) is 9.75 Å². The summed E-state index contributed by atoms with van der Waals surface area (Å²) in [6.45, 7) is 9.20. The van der Waals surface area contributed by atoms with Crippen molar-refractivity contribution in [3.63, 3.8) is 0 Å². The zero-order chi connectivity index (χ0) is 10.4. The Morgan fingerprint density at radius 2 is 1.92 bits per heavy atom. The molecule has 0 aliphatic carbocycles. The highest BCUT2D eigenvalue weighted by Gasteiger charge is 2.24. The summed E-state index contributed by atoms with van der Waals surface area (Å²) in [5, 5.41) is 9.74. The van der Waals surface area contributed by atoms with Gasteiger partial charge in [0.05, 0.1) is 0 Å². The largest absolute Gasteiger partial charge is 0.436 e. The van der Waals surface area contributed by atoms with Gasteiger partial charge in [0.2, 0.25) is 0 Å². The second-order valence-electron chi connectivity index (χ2n) is 3.92. The monoisotopic (exact) mass is 204 g/mol. The maximum atomic E-state index is 9.74. The van der Waals surface area contributed by atoms with E-state index in [1.807, 2.05) is 24.4 Å². The lowest BCUT2D eigenvalue weighted by Crippen LogP contribution is -2.46. The Hall–Kier alpha value is 0.295. The van der Waals surface area contributed by atoms with Crippen molar-refractivity contribution in [2.24, 2.45) is 5.92 Å². The molecular weight excluding hydrogens is 183 g/mol. The molecule has 0 aliphatic heterocycles. The molecule has 0 unspecified atom stereocenters. The molecular formula is C8H21BN2OS. The molecule has 0 aliphatic rings. The van der Waals surface area contributed by atoms with Crippen LogP contribution in [0, 0.1) is 5.92 Å². The molecule has 2 N–H and O–H groups in total. The smallest absolute Gasteiger partial charge is 0.407 e. The SMILES string of the molecule is CSN(NCC(C)C)B(O)C(C)C. The van der Waals surface area contributed by atoms with Gasteiger partial charge in [0.1, 0.15) is 0 Å². The van der Waals surface area contributed by atoms with Crippen molar-refractivity contribution in [3.05, 3.63) is 0 Å². The van der Waals surface area contributed by atoms with Gasteiger partial charge in [0, 0.05) is 6.54 Å². The van der Waals surface area contributed by atoms with Crippen LogP contribution in [0.4, 0.5) is 0 Å². The van der Waals surface area contributed by atoms with Gasteiger partial charge in [0.25, 0.3) is 0 Å². The summed E-state index contributed by atoms with van der Waals surface area (Å²) in [6.07, 6.45) is 1.96. The van der Waals surface area contributed by atoms with E-state index in [2.05, 4.69) is 19.3 Å². The van der Waals surface area contributed by atoms with Crippen LogP contribution in [0.1, 0.15) is 27.7 Å². The third kappa shape index (κ3) is 5.57. The molecule has 0 amide bonds. The molecule has 78 valence electrons. The van der Waals surface area contributed by atoms with Crippen molar-refractivity contribution in [3.8, 4) is 0 Å². The van der Waals surface area contributed by atoms with E-state index >= 15 is 0 Å². The fraction of sp³-hybridized carbons (Fsp3) is 1.00. The van der Waals surface area contributed by atoms with E-state index in [9.17, 15) is 5.02 Å². The molecule has 0 fully saturated rings. The summed E-state index contributed by atoms with van der Waals surface area (Å²) in [5.74, 6) is 0.834. The van der Waals surface area contributed by atoms with Gasteiger partial charge in [-0.25, -0.2) is 0 Å². The van der Waals surface area contributed by atoms with Crippen LogP contribution in [0.2, 0.25) is 5.82 Å². The average Bonchev–Trinajstić information content (AvgIpc) is 2.04. The lowest BCUT2D eigenvalue weighted by molar-refractivity contribution is 0.380. The molecule has 0 aromatic heterocycles. The van der Waals surface area contributed by atoms with Crippen molar-refractivity contribution in [2.45, 2.75) is 33.5 Å². The standard InChI is InChI=1S/C8H21BN2OS/c1-7(2)6-10-11(13-5)9(12)8(3)4/h7-8,10,12H,6H2,1-5H3. The van der Waals surface area contributed by atoms with Gasteiger partial charge in [-0.1, -0.05) is 39.6 Å². The Morgan fingerprint density at radius 3 is 2.23 bits per heavy atom. The first-order valence-corrected chi connectivity index (χ1v) is 5.92. The van der Waals surface area contributed by atoms with E-state index in [0.29, 0.717) is 5.92 Å². The van der Waals surface area contributed by atoms with Crippen LogP contribution in [0.25, 0.3) is 0 Å². The summed E-state index contributed by atoms with van der Waals surface area (Å²) in [7, 11) is -0.422. The minimum atomic E-state index is -0.422. The molecule has 3 nitrogen and oxygen atoms in total. The van der Waals surface area contributed by atoms with Gasteiger partial charge in [-0.15, -0.1) is 0 Å². The molecule has 0 saturated carbocycles. The Balaban J connectivity index is 3.87. The zero-order valence-corrected chi connectivity index (χ0v) is 10.1. The van der Waals surface area contributed by atoms with E-state index in [4.69, 9.17) is 0 Å². The second-order valence-corrected chi connectivity index (χ2v) is 4.68. The van der Waals surface area contributed by atoms with Gasteiger partial charge in [-0.3, -0.25) is 5.43 Å². The number of rotatable bonds is 6. The predicted molar refractivity (Wildman–Crippen MR) is 61.3 cm³/mol. The van der Waals surface area contributed by atoms with Gasteiger partial charge in [0.15, 0.2) is 0 Å². The molecule has 0 aromatic carbocycles. The van der Waals surface area contributed by atoms with Crippen LogP contribution < -0.4 is 5.43 Å². The van der Waals surface area contributed by atoms with E-state index < -0.39 is 7.05 Å². The fourth-order valence-corrected chi connectivity index (χ4v) is 1.47. The Morgan fingerprint density at radius 1 is 1.38 bits per heavy atom. The average molecular weight is 204 g/mol. The molecule has 0 aromatic rings. The number of hydrogen-bond donors (Lipinski definition) is 2. The molecule has 5 heteroatoms. The molecule has 0 rings (SSSR count). The maximum absolute atomic E-state index is 9.74. The quantitative estimate of drug-likeness (QED) is 0.391. The predicted octanol–water partition coefficient (Wildman–Crippen LogP) is 1.62. The highest BCUT2D eigenvalue weighted by Crippen LogP contribution is 2.13. The van der Waals surface area contributed by atoms with Crippen LogP contribution in [-0.2, 0) is 0 Å². The van der Waals surface area contributed by atoms with Crippen LogP contribution in [0.5, 0.6) is 0 Å². The normalized spacial score (nSPS) is 11.8. The fourth-order valence-electron chi connectivity index (χ4n) is 0.809. The topological polar surface area (TPSA) is 35.5 Å². The number of hydrazine groups is 1. The summed E-state index contributed by atoms with van der Waals surface area (Å²) in [6, 6.07) is 0. The van der Waals surface area contributed by atoms with Gasteiger partial charge in [-0.2, -0.15) is 4.33 Å². The number of hydrogen-bond acceptors (Lipinski definition) is 4. The Labute approximate surface area is 86.5 Å². The third-order valence-electron chi connectivity index (χ3n) is 1.69. The van der Waals surface area contributed by atoms with Crippen LogP contribution in [-0.4, -0.2) is 29.2 Å². The van der Waals surface area contributed by atoms with E-state index in [1.54, 1.807) is 0 Å². The van der Waals surface area contributed by atoms with E-state index in [0.717, 1.165) is 6.54 Å². The van der Waals surface area contributed by atoms with Crippen LogP contribution in [0.3, 0.4) is 0 Å².